The molecule has 47 heavy (non-hydrogen) atoms. The van der Waals surface area contributed by atoms with Gasteiger partial charge in [0.25, 0.3) is 0 Å². The van der Waals surface area contributed by atoms with Crippen molar-refractivity contribution in [3.05, 3.63) is 123 Å². The van der Waals surface area contributed by atoms with Gasteiger partial charge in [-0.05, 0) is 116 Å². The molecule has 1 atom stereocenters. The summed E-state index contributed by atoms with van der Waals surface area (Å²) >= 11 is 0. The minimum Gasteiger partial charge on any atom is -0.358 e. The summed E-state index contributed by atoms with van der Waals surface area (Å²) in [5, 5.41) is 4.49. The Hall–Kier alpha value is -1.48. The Morgan fingerprint density at radius 1 is 0.553 bits per heavy atom. The van der Waals surface area contributed by atoms with Crippen LogP contribution in [0.3, 0.4) is 0 Å². The molecule has 0 heterocycles. The second-order valence-corrected chi connectivity index (χ2v) is 18.8. The molecule has 0 amide bonds. The molecule has 2 fully saturated rings. The van der Waals surface area contributed by atoms with Crippen LogP contribution in [-0.4, -0.2) is 17.0 Å². The van der Waals surface area contributed by atoms with Crippen LogP contribution in [-0.2, 0) is 17.1 Å². The molecule has 0 N–H and O–H groups in total. The van der Waals surface area contributed by atoms with Gasteiger partial charge in [0.05, 0.1) is 0 Å². The molecule has 3 aromatic rings. The van der Waals surface area contributed by atoms with Gasteiger partial charge in [-0.25, -0.2) is 0 Å². The normalized spacial score (nSPS) is 19.0. The largest absolute Gasteiger partial charge is 2.00 e. The van der Waals surface area contributed by atoms with Gasteiger partial charge in [-0.15, -0.1) is 0 Å². The summed E-state index contributed by atoms with van der Waals surface area (Å²) in [6.07, 6.45) is 27.4. The van der Waals surface area contributed by atoms with E-state index in [0.717, 1.165) is 17.0 Å². The number of allylic oxidation sites excluding steroid dienone is 4. The predicted molar refractivity (Wildman–Crippen MR) is 212 cm³/mol. The first-order valence-corrected chi connectivity index (χ1v) is 20.8. The van der Waals surface area contributed by atoms with Crippen molar-refractivity contribution in [2.45, 2.75) is 127 Å². The van der Waals surface area contributed by atoms with Gasteiger partial charge in [0.2, 0.25) is 0 Å². The van der Waals surface area contributed by atoms with Crippen LogP contribution in [0.2, 0.25) is 0 Å². The van der Waals surface area contributed by atoms with Gasteiger partial charge in [0.15, 0.2) is 0 Å². The third kappa shape index (κ3) is 10.3. The summed E-state index contributed by atoms with van der Waals surface area (Å²) < 4.78 is 0. The van der Waals surface area contributed by atoms with Gasteiger partial charge in [0, 0.05) is 0 Å². The fourth-order valence-electron chi connectivity index (χ4n) is 8.50. The van der Waals surface area contributed by atoms with Crippen LogP contribution in [0.15, 0.2) is 103 Å². The monoisotopic (exact) mass is 706 g/mol. The van der Waals surface area contributed by atoms with Gasteiger partial charge in [-0.2, -0.15) is 0 Å². The van der Waals surface area contributed by atoms with Crippen LogP contribution in [0.1, 0.15) is 115 Å². The maximum Gasteiger partial charge on any atom is 2.00 e. The van der Waals surface area contributed by atoms with Crippen molar-refractivity contribution in [3.8, 4) is 0 Å². The Bertz CT molecular complexity index is 1290. The molecule has 0 unspecified atom stereocenters. The summed E-state index contributed by atoms with van der Waals surface area (Å²) in [5.74, 6) is 0. The Morgan fingerprint density at radius 2 is 1.04 bits per heavy atom. The Labute approximate surface area is 302 Å². The molecule has 3 heteroatoms. The number of hydrogen-bond acceptors (Lipinski definition) is 0. The van der Waals surface area contributed by atoms with E-state index in [1.165, 1.54) is 113 Å². The predicted octanol–water partition coefficient (Wildman–Crippen LogP) is 12.5. The first-order valence-electron chi connectivity index (χ1n) is 18.0. The molecule has 0 spiro atoms. The Kier molecular flexibility index (Phi) is 17.8. The molecule has 0 saturated heterocycles. The third-order valence-corrected chi connectivity index (χ3v) is 17.0. The molecule has 3 aromatic carbocycles. The van der Waals surface area contributed by atoms with E-state index < -0.39 is 7.92 Å². The zero-order chi connectivity index (χ0) is 30.0. The van der Waals surface area contributed by atoms with Gasteiger partial charge < -0.3 is 14.9 Å². The SMILES string of the molecule is C1=CCCC1.C[C@H](C1=C(c2ccccc2P(c2ccccc2)c2ccccc2)CCC1)P(C1CCCCC1)C1CCCCC1.[CH3-].[CH3-].[Fe+2]. The Morgan fingerprint density at radius 3 is 1.53 bits per heavy atom. The van der Waals surface area contributed by atoms with E-state index in [9.17, 15) is 0 Å². The molecule has 4 aliphatic rings. The summed E-state index contributed by atoms with van der Waals surface area (Å²) in [6, 6.07) is 32.2. The summed E-state index contributed by atoms with van der Waals surface area (Å²) in [6.45, 7) is 2.69. The van der Waals surface area contributed by atoms with Gasteiger partial charge in [-0.3, -0.25) is 0 Å². The first kappa shape index (κ1) is 40.0. The first-order chi connectivity index (χ1) is 21.8. The molecule has 0 aromatic heterocycles. The number of rotatable bonds is 8. The fraction of sp³-hybridized carbons (Fsp3) is 0.455. The molecule has 0 radical (unpaired) electrons. The smallest absolute Gasteiger partial charge is 0.358 e. The fourth-order valence-corrected chi connectivity index (χ4v) is 15.4. The van der Waals surface area contributed by atoms with Crippen LogP contribution in [0, 0.1) is 14.9 Å². The van der Waals surface area contributed by atoms with Crippen LogP contribution >= 0.6 is 15.8 Å². The van der Waals surface area contributed by atoms with E-state index in [4.69, 9.17) is 0 Å². The van der Waals surface area contributed by atoms with E-state index in [-0.39, 0.29) is 39.8 Å². The second-order valence-electron chi connectivity index (χ2n) is 13.5. The van der Waals surface area contributed by atoms with Crippen LogP contribution in [0.4, 0.5) is 0 Å². The summed E-state index contributed by atoms with van der Waals surface area (Å²) in [4.78, 5) is 0. The van der Waals surface area contributed by atoms with Crippen molar-refractivity contribution < 1.29 is 17.1 Å². The summed E-state index contributed by atoms with van der Waals surface area (Å²) in [5.41, 5.74) is 7.98. The van der Waals surface area contributed by atoms with E-state index in [0.29, 0.717) is 0 Å². The topological polar surface area (TPSA) is 0 Å². The van der Waals surface area contributed by atoms with E-state index >= 15 is 0 Å². The summed E-state index contributed by atoms with van der Waals surface area (Å²) in [7, 11) is -0.541. The minimum atomic E-state index is -0.590. The average molecular weight is 707 g/mol. The van der Waals surface area contributed by atoms with Crippen molar-refractivity contribution in [2.75, 3.05) is 0 Å². The van der Waals surface area contributed by atoms with Crippen LogP contribution in [0.25, 0.3) is 5.57 Å². The minimum absolute atomic E-state index is 0. The van der Waals surface area contributed by atoms with Crippen molar-refractivity contribution >= 4 is 37.3 Å². The molecule has 4 aliphatic carbocycles. The third-order valence-electron chi connectivity index (χ3n) is 10.6. The standard InChI is InChI=1S/C37H46P2.C5H8.2CH3.Fe/c1-29(38(30-17-6-2-7-18-30)31-19-8-3-9-20-31)34-26-16-27-35(34)36-25-14-15-28-37(36)39(32-21-10-4-11-22-32)33-23-12-5-13-24-33;1-2-4-5-3-1;;;/h4-5,10-15,21-25,28-31H,2-3,6-9,16-20,26-27H2,1H3;1-2H,3-5H2;2*1H3;/q;;2*-1;+2/t29-;;;;/m1..../s1. The zero-order valence-electron chi connectivity index (χ0n) is 29.5. The second kappa shape index (κ2) is 20.9. The van der Waals surface area contributed by atoms with Crippen molar-refractivity contribution in [2.24, 2.45) is 0 Å². The van der Waals surface area contributed by atoms with Gasteiger partial charge >= 0.3 is 17.1 Å². The molecule has 0 bridgehead atoms. The molecule has 254 valence electrons. The average Bonchev–Trinajstić information content (AvgIpc) is 3.84. The van der Waals surface area contributed by atoms with E-state index in [1.54, 1.807) is 16.4 Å². The van der Waals surface area contributed by atoms with Crippen LogP contribution in [0.5, 0.6) is 0 Å². The van der Waals surface area contributed by atoms with Crippen molar-refractivity contribution in [1.29, 1.82) is 0 Å². The molecular weight excluding hydrogens is 646 g/mol. The number of benzene rings is 3. The van der Waals surface area contributed by atoms with Crippen molar-refractivity contribution in [1.82, 2.24) is 0 Å². The Balaban J connectivity index is 0.000000688. The van der Waals surface area contributed by atoms with Crippen LogP contribution < -0.4 is 15.9 Å². The molecule has 0 nitrogen and oxygen atoms in total. The van der Waals surface area contributed by atoms with E-state index in [1.807, 2.05) is 5.57 Å². The van der Waals surface area contributed by atoms with E-state index in [2.05, 4.69) is 104 Å². The zero-order valence-corrected chi connectivity index (χ0v) is 32.4. The van der Waals surface area contributed by atoms with Gasteiger partial charge in [0.1, 0.15) is 0 Å². The molecule has 0 aliphatic heterocycles. The number of hydrogen-bond donors (Lipinski definition) is 0. The maximum absolute atomic E-state index is 2.69. The maximum atomic E-state index is 2.69. The van der Waals surface area contributed by atoms with Crippen molar-refractivity contribution in [3.63, 3.8) is 0 Å². The molecular formula is C44H60FeP2. The molecule has 2 saturated carbocycles. The molecule has 7 rings (SSSR count). The quantitative estimate of drug-likeness (QED) is 0.0947. The van der Waals surface area contributed by atoms with Gasteiger partial charge in [-0.1, -0.05) is 156 Å².